The van der Waals surface area contributed by atoms with E-state index in [-0.39, 0.29) is 5.91 Å². The number of amides is 1. The van der Waals surface area contributed by atoms with Crippen molar-refractivity contribution >= 4 is 23.8 Å². The highest BCUT2D eigenvalue weighted by Gasteiger charge is 2.09. The van der Waals surface area contributed by atoms with Crippen molar-refractivity contribution in [3.8, 4) is 0 Å². The Bertz CT molecular complexity index is 673. The van der Waals surface area contributed by atoms with E-state index in [1.54, 1.807) is 25.1 Å². The molecule has 0 unspecified atom stereocenters. The molecule has 0 saturated heterocycles. The van der Waals surface area contributed by atoms with Crippen LogP contribution in [-0.2, 0) is 4.79 Å². The van der Waals surface area contributed by atoms with E-state index in [9.17, 15) is 9.59 Å². The zero-order valence-corrected chi connectivity index (χ0v) is 10.7. The van der Waals surface area contributed by atoms with Gasteiger partial charge in [-0.2, -0.15) is 0 Å². The van der Waals surface area contributed by atoms with Crippen molar-refractivity contribution in [3.63, 3.8) is 0 Å². The highest BCUT2D eigenvalue weighted by Crippen LogP contribution is 2.12. The molecule has 0 spiro atoms. The van der Waals surface area contributed by atoms with Crippen LogP contribution >= 0.6 is 0 Å². The normalized spacial score (nSPS) is 10.7. The Morgan fingerprint density at radius 1 is 1.40 bits per heavy atom. The minimum Gasteiger partial charge on any atom is -0.478 e. The van der Waals surface area contributed by atoms with Crippen molar-refractivity contribution in [1.29, 1.82) is 0 Å². The molecule has 0 radical (unpaired) electrons. The Hall–Kier alpha value is -2.89. The van der Waals surface area contributed by atoms with Crippen molar-refractivity contribution in [2.75, 3.05) is 5.32 Å². The molecule has 2 aromatic heterocycles. The van der Waals surface area contributed by atoms with Gasteiger partial charge >= 0.3 is 5.97 Å². The van der Waals surface area contributed by atoms with E-state index in [4.69, 9.17) is 9.52 Å². The van der Waals surface area contributed by atoms with Crippen LogP contribution in [0.2, 0.25) is 0 Å². The molecular weight excluding hydrogens is 260 g/mol. The predicted octanol–water partition coefficient (Wildman–Crippen LogP) is 2.33. The molecule has 6 nitrogen and oxygen atoms in total. The number of aliphatic carboxylic acids is 1. The van der Waals surface area contributed by atoms with Crippen LogP contribution in [0.4, 0.5) is 5.82 Å². The maximum Gasteiger partial charge on any atom is 0.328 e. The first kappa shape index (κ1) is 13.5. The Labute approximate surface area is 114 Å². The van der Waals surface area contributed by atoms with Crippen LogP contribution in [0, 0.1) is 6.92 Å². The summed E-state index contributed by atoms with van der Waals surface area (Å²) in [7, 11) is 0. The lowest BCUT2D eigenvalue weighted by atomic mass is 10.2. The lowest BCUT2D eigenvalue weighted by Gasteiger charge is -2.03. The molecule has 102 valence electrons. The van der Waals surface area contributed by atoms with Crippen LogP contribution in [0.15, 0.2) is 41.2 Å². The molecule has 2 aromatic rings. The number of nitrogens with one attached hydrogen (secondary N) is 1. The molecule has 2 N–H and O–H groups in total. The Balaban J connectivity index is 2.11. The third-order valence-electron chi connectivity index (χ3n) is 2.44. The fraction of sp³-hybridized carbons (Fsp3) is 0.0714. The summed E-state index contributed by atoms with van der Waals surface area (Å²) in [6, 6.07) is 4.82. The molecule has 0 aromatic carbocycles. The molecule has 2 heterocycles. The minimum absolute atomic E-state index is 0.335. The highest BCUT2D eigenvalue weighted by molar-refractivity contribution is 6.03. The number of carboxylic acid groups (broad SMARTS) is 1. The van der Waals surface area contributed by atoms with E-state index in [0.29, 0.717) is 22.7 Å². The van der Waals surface area contributed by atoms with Crippen molar-refractivity contribution in [2.24, 2.45) is 0 Å². The minimum atomic E-state index is -1.04. The zero-order chi connectivity index (χ0) is 14.5. The highest BCUT2D eigenvalue weighted by atomic mass is 16.4. The number of furan rings is 1. The number of aryl methyl sites for hydroxylation is 1. The maximum absolute atomic E-state index is 11.9. The fourth-order valence-electron chi connectivity index (χ4n) is 1.54. The number of carbonyl (C=O) groups excluding carboxylic acids is 1. The van der Waals surface area contributed by atoms with Crippen LogP contribution in [0.3, 0.4) is 0 Å². The van der Waals surface area contributed by atoms with Gasteiger partial charge in [0.2, 0.25) is 0 Å². The van der Waals surface area contributed by atoms with E-state index in [0.717, 1.165) is 6.08 Å². The number of hydrogen-bond acceptors (Lipinski definition) is 4. The summed E-state index contributed by atoms with van der Waals surface area (Å²) in [6.07, 6.45) is 5.28. The second kappa shape index (κ2) is 5.83. The smallest absolute Gasteiger partial charge is 0.328 e. The van der Waals surface area contributed by atoms with Gasteiger partial charge in [-0.3, -0.25) is 4.79 Å². The summed E-state index contributed by atoms with van der Waals surface area (Å²) in [5, 5.41) is 11.2. The number of carboxylic acids is 1. The third-order valence-corrected chi connectivity index (χ3v) is 2.44. The summed E-state index contributed by atoms with van der Waals surface area (Å²) in [5.74, 6) is -0.405. The van der Waals surface area contributed by atoms with Gasteiger partial charge in [-0.25, -0.2) is 9.78 Å². The molecule has 6 heteroatoms. The van der Waals surface area contributed by atoms with Crippen LogP contribution < -0.4 is 5.32 Å². The van der Waals surface area contributed by atoms with E-state index in [1.165, 1.54) is 18.5 Å². The number of carbonyl (C=O) groups is 2. The lowest BCUT2D eigenvalue weighted by molar-refractivity contribution is -0.131. The second-order valence-electron chi connectivity index (χ2n) is 4.05. The summed E-state index contributed by atoms with van der Waals surface area (Å²) in [5.41, 5.74) is 1.02. The average Bonchev–Trinajstić information content (AvgIpc) is 2.84. The van der Waals surface area contributed by atoms with Crippen LogP contribution in [0.5, 0.6) is 0 Å². The van der Waals surface area contributed by atoms with Crippen LogP contribution in [0.1, 0.15) is 21.7 Å². The summed E-state index contributed by atoms with van der Waals surface area (Å²) < 4.78 is 5.05. The molecule has 0 fully saturated rings. The van der Waals surface area contributed by atoms with Crippen LogP contribution in [0.25, 0.3) is 6.08 Å². The Kier molecular flexibility index (Phi) is 3.95. The third kappa shape index (κ3) is 3.55. The number of rotatable bonds is 4. The van der Waals surface area contributed by atoms with Gasteiger partial charge in [0.05, 0.1) is 5.56 Å². The molecule has 20 heavy (non-hydrogen) atoms. The monoisotopic (exact) mass is 272 g/mol. The fourth-order valence-corrected chi connectivity index (χ4v) is 1.54. The second-order valence-corrected chi connectivity index (χ2v) is 4.05. The molecule has 2 rings (SSSR count). The van der Waals surface area contributed by atoms with Gasteiger partial charge in [-0.1, -0.05) is 0 Å². The van der Waals surface area contributed by atoms with E-state index >= 15 is 0 Å². The van der Waals surface area contributed by atoms with Gasteiger partial charge in [-0.15, -0.1) is 0 Å². The molecule has 0 bridgehead atoms. The molecule has 0 saturated carbocycles. The molecule has 1 amide bonds. The van der Waals surface area contributed by atoms with Gasteiger partial charge in [-0.05, 0) is 36.8 Å². The molecular formula is C14H12N2O4. The number of hydrogen-bond donors (Lipinski definition) is 2. The van der Waals surface area contributed by atoms with Gasteiger partial charge < -0.3 is 14.8 Å². The largest absolute Gasteiger partial charge is 0.478 e. The van der Waals surface area contributed by atoms with E-state index in [2.05, 4.69) is 10.3 Å². The number of anilines is 1. The molecule has 0 atom stereocenters. The summed E-state index contributed by atoms with van der Waals surface area (Å²) >= 11 is 0. The van der Waals surface area contributed by atoms with Crippen molar-refractivity contribution in [3.05, 3.63) is 53.6 Å². The molecule has 0 aliphatic rings. The molecule has 0 aliphatic carbocycles. The van der Waals surface area contributed by atoms with Crippen molar-refractivity contribution in [2.45, 2.75) is 6.92 Å². The van der Waals surface area contributed by atoms with Crippen molar-refractivity contribution < 1.29 is 19.1 Å². The van der Waals surface area contributed by atoms with Gasteiger partial charge in [0, 0.05) is 12.3 Å². The topological polar surface area (TPSA) is 92.4 Å². The maximum atomic E-state index is 11.9. The van der Waals surface area contributed by atoms with Crippen LogP contribution in [-0.4, -0.2) is 22.0 Å². The average molecular weight is 272 g/mol. The zero-order valence-electron chi connectivity index (χ0n) is 10.7. The quantitative estimate of drug-likeness (QED) is 0.833. The van der Waals surface area contributed by atoms with E-state index < -0.39 is 5.97 Å². The first-order chi connectivity index (χ1) is 9.54. The standard InChI is InChI=1S/C14H12N2O4/c1-9-6-11(8-20-9)14(19)16-12-7-10(4-5-15-12)2-3-13(17)18/h2-8H,1H3,(H,17,18)(H,15,16,19)/b3-2+. The lowest BCUT2D eigenvalue weighted by Crippen LogP contribution is -2.12. The first-order valence-electron chi connectivity index (χ1n) is 5.78. The number of aromatic nitrogens is 1. The predicted molar refractivity (Wildman–Crippen MR) is 72.3 cm³/mol. The number of pyridine rings is 1. The SMILES string of the molecule is Cc1cc(C(=O)Nc2cc(/C=C/C(=O)O)ccn2)co1. The first-order valence-corrected chi connectivity index (χ1v) is 5.78. The number of nitrogens with zero attached hydrogens (tertiary/aromatic N) is 1. The van der Waals surface area contributed by atoms with Gasteiger partial charge in [0.15, 0.2) is 0 Å². The Morgan fingerprint density at radius 3 is 2.85 bits per heavy atom. The van der Waals surface area contributed by atoms with E-state index in [1.807, 2.05) is 0 Å². The Morgan fingerprint density at radius 2 is 2.20 bits per heavy atom. The molecule has 0 aliphatic heterocycles. The summed E-state index contributed by atoms with van der Waals surface area (Å²) in [4.78, 5) is 26.3. The van der Waals surface area contributed by atoms with Crippen molar-refractivity contribution in [1.82, 2.24) is 4.98 Å². The van der Waals surface area contributed by atoms with Gasteiger partial charge in [0.25, 0.3) is 5.91 Å². The van der Waals surface area contributed by atoms with Gasteiger partial charge in [0.1, 0.15) is 17.8 Å². The summed E-state index contributed by atoms with van der Waals surface area (Å²) in [6.45, 7) is 1.74.